The van der Waals surface area contributed by atoms with Crippen LogP contribution >= 0.6 is 0 Å². The third-order valence-corrected chi connectivity index (χ3v) is 5.10. The van der Waals surface area contributed by atoms with Crippen LogP contribution in [0.5, 0.6) is 0 Å². The Morgan fingerprint density at radius 2 is 1.79 bits per heavy atom. The molecule has 1 saturated heterocycles. The predicted molar refractivity (Wildman–Crippen MR) is 101 cm³/mol. The molecule has 0 aliphatic carbocycles. The summed E-state index contributed by atoms with van der Waals surface area (Å²) < 4.78 is 0. The first-order chi connectivity index (χ1) is 11.4. The highest BCUT2D eigenvalue weighted by Crippen LogP contribution is 2.18. The first kappa shape index (κ1) is 19.0. The molecular weight excluding hydrogens is 296 g/mol. The molecule has 2 rings (SSSR count). The number of hydrogen-bond donors (Lipinski definition) is 1. The minimum Gasteiger partial charge on any atom is -0.349 e. The zero-order chi connectivity index (χ0) is 17.7. The Kier molecular flexibility index (Phi) is 6.85. The molecule has 1 atom stereocenters. The third-order valence-electron chi connectivity index (χ3n) is 5.10. The van der Waals surface area contributed by atoms with E-state index in [0.29, 0.717) is 11.8 Å². The predicted octanol–water partition coefficient (Wildman–Crippen LogP) is 4.33. The van der Waals surface area contributed by atoms with Gasteiger partial charge in [0.25, 0.3) is 5.91 Å². The van der Waals surface area contributed by atoms with Crippen LogP contribution in [0.25, 0.3) is 0 Å². The first-order valence-corrected chi connectivity index (χ1v) is 9.49. The topological polar surface area (TPSA) is 32.3 Å². The van der Waals surface area contributed by atoms with E-state index in [9.17, 15) is 4.79 Å². The Bertz CT molecular complexity index is 513. The molecule has 1 aliphatic heterocycles. The summed E-state index contributed by atoms with van der Waals surface area (Å²) in [6.07, 6.45) is 2.65. The first-order valence-electron chi connectivity index (χ1n) is 9.49. The zero-order valence-corrected chi connectivity index (χ0v) is 16.0. The maximum atomic E-state index is 12.5. The van der Waals surface area contributed by atoms with Crippen molar-refractivity contribution in [2.45, 2.75) is 60.0 Å². The lowest BCUT2D eigenvalue weighted by molar-refractivity contribution is 0.0910. The van der Waals surface area contributed by atoms with Gasteiger partial charge in [-0.25, -0.2) is 0 Å². The van der Waals surface area contributed by atoms with Gasteiger partial charge in [0.1, 0.15) is 0 Å². The van der Waals surface area contributed by atoms with Crippen molar-refractivity contribution < 1.29 is 4.79 Å². The molecule has 0 unspecified atom stereocenters. The van der Waals surface area contributed by atoms with Crippen LogP contribution in [0.4, 0.5) is 0 Å². The van der Waals surface area contributed by atoms with E-state index < -0.39 is 0 Å². The van der Waals surface area contributed by atoms with E-state index in [-0.39, 0.29) is 11.9 Å². The maximum absolute atomic E-state index is 12.5. The summed E-state index contributed by atoms with van der Waals surface area (Å²) in [4.78, 5) is 15.0. The fraction of sp³-hybridized carbons (Fsp3) is 0.667. The Labute approximate surface area is 147 Å². The molecule has 3 nitrogen and oxygen atoms in total. The molecule has 1 amide bonds. The fourth-order valence-corrected chi connectivity index (χ4v) is 3.79. The number of nitrogens with zero attached hydrogens (tertiary/aromatic N) is 1. The normalized spacial score (nSPS) is 19.2. The van der Waals surface area contributed by atoms with Gasteiger partial charge in [0.2, 0.25) is 0 Å². The van der Waals surface area contributed by atoms with Gasteiger partial charge in [0.15, 0.2) is 0 Å². The maximum Gasteiger partial charge on any atom is 0.251 e. The van der Waals surface area contributed by atoms with E-state index in [0.717, 1.165) is 18.0 Å². The zero-order valence-electron chi connectivity index (χ0n) is 16.0. The summed E-state index contributed by atoms with van der Waals surface area (Å²) in [6.45, 7) is 14.3. The molecule has 1 aromatic carbocycles. The number of likely N-dealkylation sites (tertiary alicyclic amines) is 1. The summed E-state index contributed by atoms with van der Waals surface area (Å²) in [7, 11) is 0. The van der Waals surface area contributed by atoms with Crippen LogP contribution in [-0.2, 0) is 6.54 Å². The van der Waals surface area contributed by atoms with Crippen molar-refractivity contribution >= 4 is 5.91 Å². The molecule has 3 heteroatoms. The highest BCUT2D eigenvalue weighted by Gasteiger charge is 2.20. The SMILES string of the molecule is CC(C)C(NC(=O)c1ccc(CN2CCC[C@@H](C)C2)cc1)C(C)C. The standard InChI is InChI=1S/C21H34N2O/c1-15(2)20(16(3)4)22-21(24)19-10-8-18(9-11-19)14-23-12-6-7-17(5)13-23/h8-11,15-17,20H,6-7,12-14H2,1-5H3,(H,22,24)/t17-/m1/s1. The molecular formula is C21H34N2O. The number of rotatable bonds is 6. The third kappa shape index (κ3) is 5.34. The molecule has 24 heavy (non-hydrogen) atoms. The van der Waals surface area contributed by atoms with Gasteiger partial charge in [0, 0.05) is 24.7 Å². The van der Waals surface area contributed by atoms with Gasteiger partial charge < -0.3 is 5.32 Å². The van der Waals surface area contributed by atoms with Crippen molar-refractivity contribution in [1.29, 1.82) is 0 Å². The molecule has 1 aromatic rings. The summed E-state index contributed by atoms with van der Waals surface area (Å²) in [5, 5.41) is 3.19. The Hall–Kier alpha value is -1.35. The molecule has 0 spiro atoms. The Balaban J connectivity index is 1.94. The number of amides is 1. The summed E-state index contributed by atoms with van der Waals surface area (Å²) in [6, 6.07) is 8.36. The van der Waals surface area contributed by atoms with Gasteiger partial charge in [-0.1, -0.05) is 46.8 Å². The van der Waals surface area contributed by atoms with Gasteiger partial charge in [-0.3, -0.25) is 9.69 Å². The van der Waals surface area contributed by atoms with Crippen molar-refractivity contribution in [2.75, 3.05) is 13.1 Å². The molecule has 0 saturated carbocycles. The van der Waals surface area contributed by atoms with Crippen molar-refractivity contribution in [3.8, 4) is 0 Å². The molecule has 0 aromatic heterocycles. The van der Waals surface area contributed by atoms with Gasteiger partial charge in [-0.15, -0.1) is 0 Å². The minimum absolute atomic E-state index is 0.0422. The van der Waals surface area contributed by atoms with Gasteiger partial charge in [-0.2, -0.15) is 0 Å². The molecule has 1 N–H and O–H groups in total. The fourth-order valence-electron chi connectivity index (χ4n) is 3.79. The molecule has 134 valence electrons. The van der Waals surface area contributed by atoms with Crippen molar-refractivity contribution in [1.82, 2.24) is 10.2 Å². The summed E-state index contributed by atoms with van der Waals surface area (Å²) >= 11 is 0. The lowest BCUT2D eigenvalue weighted by Gasteiger charge is -2.30. The second kappa shape index (κ2) is 8.66. The van der Waals surface area contributed by atoms with E-state index >= 15 is 0 Å². The molecule has 1 fully saturated rings. The van der Waals surface area contributed by atoms with E-state index in [1.807, 2.05) is 12.1 Å². The van der Waals surface area contributed by atoms with Crippen LogP contribution in [0.15, 0.2) is 24.3 Å². The average Bonchev–Trinajstić information content (AvgIpc) is 2.52. The van der Waals surface area contributed by atoms with Crippen LogP contribution in [-0.4, -0.2) is 29.9 Å². The van der Waals surface area contributed by atoms with E-state index in [2.05, 4.69) is 57.0 Å². The van der Waals surface area contributed by atoms with E-state index in [1.54, 1.807) is 0 Å². The second-order valence-corrected chi connectivity index (χ2v) is 8.17. The smallest absolute Gasteiger partial charge is 0.251 e. The van der Waals surface area contributed by atoms with Crippen molar-refractivity contribution in [2.24, 2.45) is 17.8 Å². The van der Waals surface area contributed by atoms with Crippen molar-refractivity contribution in [3.63, 3.8) is 0 Å². The van der Waals surface area contributed by atoms with Crippen LogP contribution in [0.2, 0.25) is 0 Å². The highest BCUT2D eigenvalue weighted by molar-refractivity contribution is 5.94. The number of piperidine rings is 1. The minimum atomic E-state index is 0.0422. The largest absolute Gasteiger partial charge is 0.349 e. The number of hydrogen-bond acceptors (Lipinski definition) is 2. The second-order valence-electron chi connectivity index (χ2n) is 8.17. The van der Waals surface area contributed by atoms with Gasteiger partial charge in [0.05, 0.1) is 0 Å². The highest BCUT2D eigenvalue weighted by atomic mass is 16.1. The van der Waals surface area contributed by atoms with E-state index in [1.165, 1.54) is 31.5 Å². The lowest BCUT2D eigenvalue weighted by atomic mass is 9.93. The van der Waals surface area contributed by atoms with E-state index in [4.69, 9.17) is 0 Å². The Morgan fingerprint density at radius 1 is 1.17 bits per heavy atom. The molecule has 0 bridgehead atoms. The molecule has 1 heterocycles. The molecule has 0 radical (unpaired) electrons. The monoisotopic (exact) mass is 330 g/mol. The number of nitrogens with one attached hydrogen (secondary N) is 1. The van der Waals surface area contributed by atoms with Crippen LogP contribution in [0.3, 0.4) is 0 Å². The average molecular weight is 331 g/mol. The van der Waals surface area contributed by atoms with Gasteiger partial charge in [-0.05, 0) is 54.8 Å². The van der Waals surface area contributed by atoms with Crippen LogP contribution in [0.1, 0.15) is 63.4 Å². The molecule has 1 aliphatic rings. The quantitative estimate of drug-likeness (QED) is 0.842. The lowest BCUT2D eigenvalue weighted by Crippen LogP contribution is -2.42. The van der Waals surface area contributed by atoms with Crippen LogP contribution in [0, 0.1) is 17.8 Å². The van der Waals surface area contributed by atoms with Gasteiger partial charge >= 0.3 is 0 Å². The number of carbonyl (C=O) groups is 1. The Morgan fingerprint density at radius 3 is 2.33 bits per heavy atom. The number of benzene rings is 1. The number of carbonyl (C=O) groups excluding carboxylic acids is 1. The van der Waals surface area contributed by atoms with Crippen LogP contribution < -0.4 is 5.32 Å². The van der Waals surface area contributed by atoms with Crippen molar-refractivity contribution in [3.05, 3.63) is 35.4 Å². The summed E-state index contributed by atoms with van der Waals surface area (Å²) in [5.74, 6) is 1.72. The summed E-state index contributed by atoms with van der Waals surface area (Å²) in [5.41, 5.74) is 2.06.